The first-order valence-corrected chi connectivity index (χ1v) is 23.5. The Hall–Kier alpha value is -9.19. The molecule has 0 aliphatic heterocycles. The summed E-state index contributed by atoms with van der Waals surface area (Å²) in [5.41, 5.74) is 20.1. The van der Waals surface area contributed by atoms with Crippen molar-refractivity contribution in [2.24, 2.45) is 0 Å². The molecule has 3 heterocycles. The summed E-state index contributed by atoms with van der Waals surface area (Å²) in [6, 6.07) is 81.9. The van der Waals surface area contributed by atoms with E-state index in [1.54, 1.807) is 0 Å². The van der Waals surface area contributed by atoms with Crippen molar-refractivity contribution < 1.29 is 4.42 Å². The number of aromatic nitrogens is 4. The zero-order valence-electron chi connectivity index (χ0n) is 37.3. The summed E-state index contributed by atoms with van der Waals surface area (Å²) in [7, 11) is 0. The van der Waals surface area contributed by atoms with Crippen molar-refractivity contribution in [2.75, 3.05) is 0 Å². The summed E-state index contributed by atoms with van der Waals surface area (Å²) in [6.07, 6.45) is 0.794. The third-order valence-electron chi connectivity index (χ3n) is 13.9. The number of hydrogen-bond donors (Lipinski definition) is 0. The van der Waals surface area contributed by atoms with Gasteiger partial charge in [-0.25, -0.2) is 15.0 Å². The molecule has 14 rings (SSSR count). The van der Waals surface area contributed by atoms with Crippen LogP contribution in [0.1, 0.15) is 11.1 Å². The Kier molecular flexibility index (Phi) is 8.89. The zero-order valence-corrected chi connectivity index (χ0v) is 37.3. The van der Waals surface area contributed by atoms with E-state index in [2.05, 4.69) is 174 Å². The summed E-state index contributed by atoms with van der Waals surface area (Å²) in [5, 5.41) is 4.64. The third-order valence-corrected chi connectivity index (χ3v) is 13.9. The van der Waals surface area contributed by atoms with Crippen LogP contribution in [0, 0.1) is 0 Å². The average molecular weight is 881 g/mol. The number of rotatable bonds is 7. The molecule has 5 nitrogen and oxygen atoms in total. The van der Waals surface area contributed by atoms with Crippen molar-refractivity contribution in [2.45, 2.75) is 6.42 Å². The lowest BCUT2D eigenvalue weighted by atomic mass is 9.86. The van der Waals surface area contributed by atoms with Crippen LogP contribution in [-0.4, -0.2) is 19.5 Å². The van der Waals surface area contributed by atoms with Crippen LogP contribution in [0.15, 0.2) is 235 Å². The summed E-state index contributed by atoms with van der Waals surface area (Å²) < 4.78 is 9.18. The number of benzene rings is 10. The van der Waals surface area contributed by atoms with E-state index < -0.39 is 0 Å². The molecule has 0 atom stereocenters. The van der Waals surface area contributed by atoms with Gasteiger partial charge in [0.2, 0.25) is 0 Å². The van der Waals surface area contributed by atoms with Crippen LogP contribution in [0.4, 0.5) is 0 Å². The van der Waals surface area contributed by atoms with Crippen LogP contribution in [0.3, 0.4) is 0 Å². The SMILES string of the molecule is c1ccc(-c2ccc3c(c2)c2ccccc2n3-c2ccc3oc4ccccc4c3c2-c2ccc(-c3cccc(-c4nc(-c5ccccc5)nc(-c5ccccc5)n4)c3)c3c2Cc2ccccc2-3)cc1. The number of fused-ring (bicyclic) bond motifs is 9. The Morgan fingerprint density at radius 2 is 0.942 bits per heavy atom. The van der Waals surface area contributed by atoms with Crippen LogP contribution in [-0.2, 0) is 6.42 Å². The van der Waals surface area contributed by atoms with Gasteiger partial charge in [-0.2, -0.15) is 0 Å². The molecule has 322 valence electrons. The Bertz CT molecular complexity index is 4100. The maximum absolute atomic E-state index is 6.70. The topological polar surface area (TPSA) is 56.7 Å². The van der Waals surface area contributed by atoms with E-state index in [9.17, 15) is 0 Å². The molecular weight excluding hydrogens is 841 g/mol. The van der Waals surface area contributed by atoms with Crippen molar-refractivity contribution in [3.05, 3.63) is 242 Å². The molecule has 0 radical (unpaired) electrons. The minimum Gasteiger partial charge on any atom is -0.456 e. The predicted octanol–water partition coefficient (Wildman–Crippen LogP) is 16.4. The van der Waals surface area contributed by atoms with Crippen LogP contribution in [0.5, 0.6) is 0 Å². The summed E-state index contributed by atoms with van der Waals surface area (Å²) in [5.74, 6) is 1.91. The summed E-state index contributed by atoms with van der Waals surface area (Å²) >= 11 is 0. The van der Waals surface area contributed by atoms with E-state index >= 15 is 0 Å². The number of nitrogens with zero attached hydrogens (tertiary/aromatic N) is 4. The highest BCUT2D eigenvalue weighted by Crippen LogP contribution is 2.51. The van der Waals surface area contributed by atoms with Gasteiger partial charge in [0, 0.05) is 43.8 Å². The Labute approximate surface area is 398 Å². The minimum absolute atomic E-state index is 0.628. The van der Waals surface area contributed by atoms with Gasteiger partial charge in [-0.3, -0.25) is 0 Å². The maximum Gasteiger partial charge on any atom is 0.164 e. The van der Waals surface area contributed by atoms with Gasteiger partial charge in [0.15, 0.2) is 17.5 Å². The fourth-order valence-electron chi connectivity index (χ4n) is 10.8. The molecule has 13 aromatic rings. The third kappa shape index (κ3) is 6.36. The highest BCUT2D eigenvalue weighted by molar-refractivity contribution is 6.18. The fourth-order valence-corrected chi connectivity index (χ4v) is 10.8. The largest absolute Gasteiger partial charge is 0.456 e. The lowest BCUT2D eigenvalue weighted by Gasteiger charge is -2.20. The Morgan fingerprint density at radius 1 is 0.348 bits per heavy atom. The molecule has 0 spiro atoms. The molecule has 5 heteroatoms. The Morgan fingerprint density at radius 3 is 1.71 bits per heavy atom. The van der Waals surface area contributed by atoms with Crippen LogP contribution < -0.4 is 0 Å². The molecule has 0 bridgehead atoms. The highest BCUT2D eigenvalue weighted by Gasteiger charge is 2.29. The number of hydrogen-bond acceptors (Lipinski definition) is 4. The highest BCUT2D eigenvalue weighted by atomic mass is 16.3. The first kappa shape index (κ1) is 39.0. The lowest BCUT2D eigenvalue weighted by molar-refractivity contribution is 0.669. The second-order valence-electron chi connectivity index (χ2n) is 17.8. The van der Waals surface area contributed by atoms with Gasteiger partial charge in [0.05, 0.1) is 16.7 Å². The van der Waals surface area contributed by atoms with E-state index in [4.69, 9.17) is 19.4 Å². The molecule has 0 N–H and O–H groups in total. The van der Waals surface area contributed by atoms with Gasteiger partial charge in [0.25, 0.3) is 0 Å². The standard InChI is InChI=1S/C64H40N4O/c1-4-17-40(18-5-1)43-31-34-55-52(38-43)49-27-12-14-29-54(49)68(55)56-35-36-58-61(51-28-13-15-30-57(51)69-58)60(56)50-33-32-48(59-47-26-11-10-23-45(47)39-53(50)59)44-24-16-25-46(37-44)64-66-62(41-19-6-2-7-20-41)65-63(67-64)42-21-8-3-9-22-42/h1-38H,39H2. The van der Waals surface area contributed by atoms with Gasteiger partial charge in [-0.1, -0.05) is 188 Å². The first-order valence-electron chi connectivity index (χ1n) is 23.5. The van der Waals surface area contributed by atoms with Gasteiger partial charge < -0.3 is 8.98 Å². The van der Waals surface area contributed by atoms with Crippen molar-refractivity contribution in [1.82, 2.24) is 19.5 Å². The molecule has 69 heavy (non-hydrogen) atoms. The fraction of sp³-hybridized carbons (Fsp3) is 0.0156. The molecule has 0 amide bonds. The number of furan rings is 1. The lowest BCUT2D eigenvalue weighted by Crippen LogP contribution is -2.01. The molecule has 10 aromatic carbocycles. The summed E-state index contributed by atoms with van der Waals surface area (Å²) in [4.78, 5) is 15.2. The number of para-hydroxylation sites is 2. The van der Waals surface area contributed by atoms with E-state index in [1.807, 2.05) is 60.7 Å². The normalized spacial score (nSPS) is 12.0. The van der Waals surface area contributed by atoms with Crippen LogP contribution >= 0.6 is 0 Å². The van der Waals surface area contributed by atoms with E-state index in [1.165, 1.54) is 49.7 Å². The molecule has 0 saturated heterocycles. The van der Waals surface area contributed by atoms with E-state index in [0.29, 0.717) is 17.5 Å². The van der Waals surface area contributed by atoms with Crippen molar-refractivity contribution in [3.8, 4) is 84.4 Å². The van der Waals surface area contributed by atoms with Crippen molar-refractivity contribution >= 4 is 43.7 Å². The summed E-state index contributed by atoms with van der Waals surface area (Å²) in [6.45, 7) is 0. The zero-order chi connectivity index (χ0) is 45.4. The molecule has 1 aliphatic rings. The van der Waals surface area contributed by atoms with Crippen molar-refractivity contribution in [1.29, 1.82) is 0 Å². The maximum atomic E-state index is 6.70. The molecule has 0 fully saturated rings. The average Bonchev–Trinajstić information content (AvgIpc) is 4.11. The Balaban J connectivity index is 1.00. The second kappa shape index (κ2) is 15.7. The van der Waals surface area contributed by atoms with Gasteiger partial charge in [-0.15, -0.1) is 0 Å². The quantitative estimate of drug-likeness (QED) is 0.160. The van der Waals surface area contributed by atoms with Gasteiger partial charge >= 0.3 is 0 Å². The molecule has 0 saturated carbocycles. The molecule has 3 aromatic heterocycles. The van der Waals surface area contributed by atoms with E-state index in [-0.39, 0.29) is 0 Å². The van der Waals surface area contributed by atoms with Crippen molar-refractivity contribution in [3.63, 3.8) is 0 Å². The van der Waals surface area contributed by atoms with Gasteiger partial charge in [0.1, 0.15) is 11.2 Å². The smallest absolute Gasteiger partial charge is 0.164 e. The monoisotopic (exact) mass is 880 g/mol. The van der Waals surface area contributed by atoms with Gasteiger partial charge in [-0.05, 0) is 99.0 Å². The van der Waals surface area contributed by atoms with Crippen LogP contribution in [0.25, 0.3) is 128 Å². The minimum atomic E-state index is 0.628. The van der Waals surface area contributed by atoms with Crippen LogP contribution in [0.2, 0.25) is 0 Å². The second-order valence-corrected chi connectivity index (χ2v) is 17.8. The molecule has 1 aliphatic carbocycles. The molecule has 0 unspecified atom stereocenters. The predicted molar refractivity (Wildman–Crippen MR) is 282 cm³/mol. The van der Waals surface area contributed by atoms with E-state index in [0.717, 1.165) is 78.5 Å². The molecular formula is C64H40N4O. The first-order chi connectivity index (χ1) is 34.2.